The molecule has 0 heterocycles. The molecule has 3 heteroatoms. The van der Waals surface area contributed by atoms with Crippen LogP contribution in [0.1, 0.15) is 15.9 Å². The molecule has 23 heavy (non-hydrogen) atoms. The molecule has 0 aliphatic carbocycles. The molecule has 0 unspecified atom stereocenters. The summed E-state index contributed by atoms with van der Waals surface area (Å²) in [6.45, 7) is 0.706. The number of rotatable bonds is 5. The second-order valence-electron chi connectivity index (χ2n) is 5.64. The van der Waals surface area contributed by atoms with Gasteiger partial charge in [-0.3, -0.25) is 4.79 Å². The molecule has 3 aromatic rings. The summed E-state index contributed by atoms with van der Waals surface area (Å²) in [6.07, 6.45) is 0.897. The zero-order valence-electron chi connectivity index (χ0n) is 13.0. The first-order valence-electron chi connectivity index (χ1n) is 7.78. The van der Waals surface area contributed by atoms with Crippen molar-refractivity contribution in [3.05, 3.63) is 71.8 Å². The molecule has 3 aromatic carbocycles. The second kappa shape index (κ2) is 6.73. The summed E-state index contributed by atoms with van der Waals surface area (Å²) in [5.74, 6) is -0.0394. The van der Waals surface area contributed by atoms with Gasteiger partial charge in [0, 0.05) is 5.56 Å². The molecule has 0 fully saturated rings. The van der Waals surface area contributed by atoms with Gasteiger partial charge in [0.15, 0.2) is 5.78 Å². The fraction of sp³-hybridized carbons (Fsp3) is 0.150. The number of carbonyl (C=O) groups is 1. The molecular weight excluding hydrogens is 284 g/mol. The molecule has 4 N–H and O–H groups in total. The summed E-state index contributed by atoms with van der Waals surface area (Å²) >= 11 is 0. The lowest BCUT2D eigenvalue weighted by molar-refractivity contribution is 0.100. The number of Topliss-reactive ketones (excluding diaryl/α,β-unsaturated/α-hetero) is 1. The SMILES string of the molecule is NCCc1ccc2cc(-c3ccc(C(=O)CN)cc3)ccc2c1. The largest absolute Gasteiger partial charge is 0.330 e. The Labute approximate surface area is 135 Å². The van der Waals surface area contributed by atoms with Gasteiger partial charge < -0.3 is 11.5 Å². The maximum atomic E-state index is 11.6. The van der Waals surface area contributed by atoms with Gasteiger partial charge in [-0.1, -0.05) is 54.6 Å². The molecule has 0 saturated carbocycles. The lowest BCUT2D eigenvalue weighted by Gasteiger charge is -2.07. The van der Waals surface area contributed by atoms with E-state index < -0.39 is 0 Å². The molecule has 116 valence electrons. The van der Waals surface area contributed by atoms with Crippen molar-refractivity contribution in [2.24, 2.45) is 11.5 Å². The number of nitrogens with two attached hydrogens (primary N) is 2. The van der Waals surface area contributed by atoms with Gasteiger partial charge in [-0.15, -0.1) is 0 Å². The van der Waals surface area contributed by atoms with E-state index in [1.165, 1.54) is 16.3 Å². The number of fused-ring (bicyclic) bond motifs is 1. The van der Waals surface area contributed by atoms with Gasteiger partial charge in [-0.05, 0) is 46.5 Å². The van der Waals surface area contributed by atoms with Crippen molar-refractivity contribution in [1.29, 1.82) is 0 Å². The van der Waals surface area contributed by atoms with Crippen molar-refractivity contribution < 1.29 is 4.79 Å². The Bertz CT molecular complexity index is 838. The number of ketones is 1. The van der Waals surface area contributed by atoms with Crippen molar-refractivity contribution in [3.8, 4) is 11.1 Å². The van der Waals surface area contributed by atoms with Gasteiger partial charge >= 0.3 is 0 Å². The Balaban J connectivity index is 1.93. The third-order valence-corrected chi connectivity index (χ3v) is 4.06. The van der Waals surface area contributed by atoms with Crippen LogP contribution in [0.15, 0.2) is 60.7 Å². The van der Waals surface area contributed by atoms with Crippen molar-refractivity contribution in [2.75, 3.05) is 13.1 Å². The Kier molecular flexibility index (Phi) is 4.51. The Morgan fingerprint density at radius 1 is 0.783 bits per heavy atom. The van der Waals surface area contributed by atoms with E-state index in [2.05, 4.69) is 36.4 Å². The number of hydrogen-bond donors (Lipinski definition) is 2. The molecule has 0 spiro atoms. The van der Waals surface area contributed by atoms with E-state index in [4.69, 9.17) is 11.5 Å². The first-order valence-corrected chi connectivity index (χ1v) is 7.78. The average molecular weight is 304 g/mol. The van der Waals surface area contributed by atoms with E-state index in [0.717, 1.165) is 17.5 Å². The van der Waals surface area contributed by atoms with Crippen LogP contribution >= 0.6 is 0 Å². The highest BCUT2D eigenvalue weighted by Crippen LogP contribution is 2.25. The van der Waals surface area contributed by atoms with E-state index in [1.807, 2.05) is 24.3 Å². The molecule has 0 saturated heterocycles. The number of hydrogen-bond acceptors (Lipinski definition) is 3. The highest BCUT2D eigenvalue weighted by molar-refractivity contribution is 5.98. The van der Waals surface area contributed by atoms with Crippen molar-refractivity contribution in [1.82, 2.24) is 0 Å². The summed E-state index contributed by atoms with van der Waals surface area (Å²) in [5.41, 5.74) is 15.1. The van der Waals surface area contributed by atoms with Crippen molar-refractivity contribution in [3.63, 3.8) is 0 Å². The zero-order chi connectivity index (χ0) is 16.2. The molecule has 0 amide bonds. The maximum Gasteiger partial charge on any atom is 0.176 e. The first-order chi connectivity index (χ1) is 11.2. The topological polar surface area (TPSA) is 69.1 Å². The minimum atomic E-state index is -0.0394. The summed E-state index contributed by atoms with van der Waals surface area (Å²) in [6, 6.07) is 20.4. The van der Waals surface area contributed by atoms with E-state index in [1.54, 1.807) is 0 Å². The standard InChI is InChI=1S/C20H20N2O/c21-10-9-14-1-2-19-12-18(8-7-17(19)11-14)15-3-5-16(6-4-15)20(23)13-22/h1-8,11-12H,9-10,13,21-22H2. The van der Waals surface area contributed by atoms with Crippen LogP contribution in [0.4, 0.5) is 0 Å². The molecule has 3 rings (SSSR count). The minimum Gasteiger partial charge on any atom is -0.330 e. The number of carbonyl (C=O) groups excluding carboxylic acids is 1. The van der Waals surface area contributed by atoms with Crippen LogP contribution in [-0.2, 0) is 6.42 Å². The maximum absolute atomic E-state index is 11.6. The highest BCUT2D eigenvalue weighted by Gasteiger charge is 2.05. The molecular formula is C20H20N2O. The average Bonchev–Trinajstić information content (AvgIpc) is 2.61. The van der Waals surface area contributed by atoms with Gasteiger partial charge in [0.05, 0.1) is 6.54 Å². The Morgan fingerprint density at radius 3 is 2.13 bits per heavy atom. The quantitative estimate of drug-likeness (QED) is 0.711. The van der Waals surface area contributed by atoms with Crippen LogP contribution < -0.4 is 11.5 Å². The van der Waals surface area contributed by atoms with Crippen LogP contribution in [0.2, 0.25) is 0 Å². The van der Waals surface area contributed by atoms with E-state index in [-0.39, 0.29) is 12.3 Å². The fourth-order valence-corrected chi connectivity index (χ4v) is 2.76. The molecule has 0 radical (unpaired) electrons. The summed E-state index contributed by atoms with van der Waals surface area (Å²) in [4.78, 5) is 11.6. The summed E-state index contributed by atoms with van der Waals surface area (Å²) < 4.78 is 0. The van der Waals surface area contributed by atoms with Gasteiger partial charge in [-0.2, -0.15) is 0 Å². The van der Waals surface area contributed by atoms with E-state index in [0.29, 0.717) is 12.1 Å². The summed E-state index contributed by atoms with van der Waals surface area (Å²) in [7, 11) is 0. The smallest absolute Gasteiger partial charge is 0.176 e. The minimum absolute atomic E-state index is 0.0394. The third kappa shape index (κ3) is 3.31. The van der Waals surface area contributed by atoms with Crippen molar-refractivity contribution in [2.45, 2.75) is 6.42 Å². The normalized spacial score (nSPS) is 10.9. The lowest BCUT2D eigenvalue weighted by Crippen LogP contribution is -2.13. The second-order valence-corrected chi connectivity index (χ2v) is 5.64. The predicted octanol–water partition coefficient (Wildman–Crippen LogP) is 3.15. The molecule has 0 aromatic heterocycles. The molecule has 0 bridgehead atoms. The van der Waals surface area contributed by atoms with Gasteiger partial charge in [0.2, 0.25) is 0 Å². The molecule has 0 aliphatic heterocycles. The van der Waals surface area contributed by atoms with Crippen molar-refractivity contribution >= 4 is 16.6 Å². The van der Waals surface area contributed by atoms with Crippen LogP contribution in [0, 0.1) is 0 Å². The van der Waals surface area contributed by atoms with Crippen LogP contribution in [0.5, 0.6) is 0 Å². The lowest BCUT2D eigenvalue weighted by atomic mass is 9.98. The van der Waals surface area contributed by atoms with Gasteiger partial charge in [0.25, 0.3) is 0 Å². The fourth-order valence-electron chi connectivity index (χ4n) is 2.76. The summed E-state index contributed by atoms with van der Waals surface area (Å²) in [5, 5.41) is 2.42. The molecule has 3 nitrogen and oxygen atoms in total. The van der Waals surface area contributed by atoms with E-state index >= 15 is 0 Å². The van der Waals surface area contributed by atoms with Gasteiger partial charge in [-0.25, -0.2) is 0 Å². The predicted molar refractivity (Wildman–Crippen MR) is 95.5 cm³/mol. The van der Waals surface area contributed by atoms with E-state index in [9.17, 15) is 4.79 Å². The monoisotopic (exact) mass is 304 g/mol. The first kappa shape index (κ1) is 15.4. The Morgan fingerprint density at radius 2 is 1.43 bits per heavy atom. The molecule has 0 aliphatic rings. The molecule has 0 atom stereocenters. The third-order valence-electron chi connectivity index (χ3n) is 4.06. The van der Waals surface area contributed by atoms with Gasteiger partial charge in [0.1, 0.15) is 0 Å². The number of benzene rings is 3. The zero-order valence-corrected chi connectivity index (χ0v) is 13.0. The van der Waals surface area contributed by atoms with Crippen LogP contribution in [-0.4, -0.2) is 18.9 Å². The Hall–Kier alpha value is -2.49. The van der Waals surface area contributed by atoms with Crippen LogP contribution in [0.3, 0.4) is 0 Å². The highest BCUT2D eigenvalue weighted by atomic mass is 16.1. The van der Waals surface area contributed by atoms with Crippen LogP contribution in [0.25, 0.3) is 21.9 Å².